The number of thiophene rings is 1. The lowest BCUT2D eigenvalue weighted by Crippen LogP contribution is -2.61. The maximum Gasteiger partial charge on any atom is 0.270 e. The van der Waals surface area contributed by atoms with Crippen LogP contribution in [0.15, 0.2) is 41.8 Å². The number of amides is 1. The van der Waals surface area contributed by atoms with Crippen LogP contribution in [-0.4, -0.2) is 26.7 Å². The highest BCUT2D eigenvalue weighted by Crippen LogP contribution is 2.53. The number of benzene rings is 1. The maximum absolute atomic E-state index is 13.8. The zero-order valence-corrected chi connectivity index (χ0v) is 19.5. The molecule has 2 saturated carbocycles. The lowest BCUT2D eigenvalue weighted by atomic mass is 9.64. The summed E-state index contributed by atoms with van der Waals surface area (Å²) < 4.78 is 2.21. The van der Waals surface area contributed by atoms with Crippen molar-refractivity contribution in [3.63, 3.8) is 0 Å². The molecule has 0 radical (unpaired) electrons. The van der Waals surface area contributed by atoms with Gasteiger partial charge in [-0.05, 0) is 44.1 Å². The Morgan fingerprint density at radius 1 is 1.03 bits per heavy atom. The van der Waals surface area contributed by atoms with Crippen LogP contribution in [0.2, 0.25) is 0 Å². The first-order valence-corrected chi connectivity index (χ1v) is 13.0. The highest BCUT2D eigenvalue weighted by atomic mass is 32.1. The normalized spacial score (nSPS) is 24.2. The van der Waals surface area contributed by atoms with Crippen LogP contribution in [0.25, 0.3) is 11.4 Å². The number of nitrogens with zero attached hydrogens (tertiary/aromatic N) is 4. The van der Waals surface area contributed by atoms with Crippen LogP contribution in [0.5, 0.6) is 0 Å². The van der Waals surface area contributed by atoms with Gasteiger partial charge < -0.3 is 0 Å². The second kappa shape index (κ2) is 7.84. The Labute approximate surface area is 193 Å². The Balaban J connectivity index is 1.54. The number of anilines is 1. The predicted octanol–water partition coefficient (Wildman–Crippen LogP) is 6.19. The molecular formula is C26H30N4OS. The standard InChI is InChI=1S/C26H30N4OS/c1-18-11-13-19(14-12-18)23-27-25-29(24(31)22-10-7-17-32-22)21-9-4-3-8-20(21)26(30(25)28-23)15-5-2-6-16-26/h7,10-14,17,20-21H,2-6,8-9,15-16H2,1H3/t20-,21+/m1/s1. The Kier molecular flexibility index (Phi) is 4.94. The topological polar surface area (TPSA) is 51.0 Å². The van der Waals surface area contributed by atoms with E-state index in [0.717, 1.165) is 41.5 Å². The van der Waals surface area contributed by atoms with Crippen LogP contribution in [0.1, 0.15) is 73.0 Å². The number of aromatic nitrogens is 3. The molecule has 1 aromatic carbocycles. The Morgan fingerprint density at radius 2 is 1.81 bits per heavy atom. The van der Waals surface area contributed by atoms with Gasteiger partial charge in [-0.2, -0.15) is 4.98 Å². The second-order valence-electron chi connectivity index (χ2n) is 9.79. The minimum absolute atomic E-state index is 0.000840. The number of carbonyl (C=O) groups is 1. The molecule has 0 N–H and O–H groups in total. The van der Waals surface area contributed by atoms with Crippen molar-refractivity contribution < 1.29 is 4.79 Å². The Hall–Kier alpha value is -2.47. The van der Waals surface area contributed by atoms with Crippen molar-refractivity contribution in [2.45, 2.75) is 76.3 Å². The lowest BCUT2D eigenvalue weighted by molar-refractivity contribution is 0.0315. The molecule has 6 rings (SSSR count). The molecule has 3 heterocycles. The first-order chi connectivity index (χ1) is 15.7. The van der Waals surface area contributed by atoms with Crippen molar-refractivity contribution >= 4 is 23.2 Å². The molecule has 5 nitrogen and oxygen atoms in total. The molecular weight excluding hydrogens is 416 g/mol. The van der Waals surface area contributed by atoms with E-state index in [4.69, 9.17) is 10.1 Å². The molecule has 0 unspecified atom stereocenters. The molecule has 1 amide bonds. The molecule has 32 heavy (non-hydrogen) atoms. The van der Waals surface area contributed by atoms with Crippen molar-refractivity contribution in [3.8, 4) is 11.4 Å². The third-order valence-electron chi connectivity index (χ3n) is 7.96. The van der Waals surface area contributed by atoms with Gasteiger partial charge in [-0.15, -0.1) is 16.4 Å². The average molecular weight is 447 g/mol. The molecule has 3 aliphatic rings. The van der Waals surface area contributed by atoms with E-state index in [9.17, 15) is 4.79 Å². The van der Waals surface area contributed by atoms with Gasteiger partial charge in [0.2, 0.25) is 5.95 Å². The molecule has 6 heteroatoms. The summed E-state index contributed by atoms with van der Waals surface area (Å²) in [5.41, 5.74) is 2.25. The van der Waals surface area contributed by atoms with Crippen LogP contribution in [-0.2, 0) is 5.54 Å². The third kappa shape index (κ3) is 3.06. The van der Waals surface area contributed by atoms with E-state index in [0.29, 0.717) is 5.92 Å². The van der Waals surface area contributed by atoms with Crippen molar-refractivity contribution in [2.75, 3.05) is 4.90 Å². The predicted molar refractivity (Wildman–Crippen MR) is 128 cm³/mol. The highest BCUT2D eigenvalue weighted by molar-refractivity contribution is 7.12. The monoisotopic (exact) mass is 446 g/mol. The van der Waals surface area contributed by atoms with Gasteiger partial charge in [0.05, 0.1) is 10.4 Å². The molecule has 1 aliphatic heterocycles. The van der Waals surface area contributed by atoms with Crippen molar-refractivity contribution in [2.24, 2.45) is 5.92 Å². The second-order valence-corrected chi connectivity index (χ2v) is 10.7. The summed E-state index contributed by atoms with van der Waals surface area (Å²) >= 11 is 1.52. The van der Waals surface area contributed by atoms with E-state index in [1.165, 1.54) is 55.4 Å². The Bertz CT molecular complexity index is 1110. The Morgan fingerprint density at radius 3 is 2.56 bits per heavy atom. The molecule has 0 saturated heterocycles. The van der Waals surface area contributed by atoms with Crippen LogP contribution in [0.3, 0.4) is 0 Å². The van der Waals surface area contributed by atoms with Crippen LogP contribution in [0.4, 0.5) is 5.95 Å². The first-order valence-electron chi connectivity index (χ1n) is 12.1. The highest BCUT2D eigenvalue weighted by Gasteiger charge is 2.55. The van der Waals surface area contributed by atoms with Gasteiger partial charge >= 0.3 is 0 Å². The summed E-state index contributed by atoms with van der Waals surface area (Å²) in [5.74, 6) is 2.06. The van der Waals surface area contributed by atoms with Crippen molar-refractivity contribution in [3.05, 3.63) is 52.2 Å². The fraction of sp³-hybridized carbons (Fsp3) is 0.500. The summed E-state index contributed by atoms with van der Waals surface area (Å²) in [5, 5.41) is 7.13. The number of fused-ring (bicyclic) bond motifs is 4. The van der Waals surface area contributed by atoms with Crippen LogP contribution >= 0.6 is 11.3 Å². The largest absolute Gasteiger partial charge is 0.273 e. The summed E-state index contributed by atoms with van der Waals surface area (Å²) in [6.07, 6.45) is 10.8. The van der Waals surface area contributed by atoms with E-state index in [1.807, 2.05) is 22.4 Å². The van der Waals surface area contributed by atoms with E-state index in [1.54, 1.807) is 0 Å². The smallest absolute Gasteiger partial charge is 0.270 e. The summed E-state index contributed by atoms with van der Waals surface area (Å²) in [6, 6.07) is 12.5. The zero-order valence-electron chi connectivity index (χ0n) is 18.7. The van der Waals surface area contributed by atoms with E-state index in [2.05, 4.69) is 35.9 Å². The zero-order chi connectivity index (χ0) is 21.7. The van der Waals surface area contributed by atoms with Gasteiger partial charge in [0.15, 0.2) is 5.82 Å². The van der Waals surface area contributed by atoms with E-state index < -0.39 is 0 Å². The molecule has 1 spiro atoms. The number of aryl methyl sites for hydroxylation is 1. The minimum Gasteiger partial charge on any atom is -0.273 e. The minimum atomic E-state index is 0.000840. The molecule has 2 aliphatic carbocycles. The fourth-order valence-corrected chi connectivity index (χ4v) is 7.10. The van der Waals surface area contributed by atoms with Crippen LogP contribution in [0, 0.1) is 12.8 Å². The number of carbonyl (C=O) groups excluding carboxylic acids is 1. The third-order valence-corrected chi connectivity index (χ3v) is 8.82. The summed E-state index contributed by atoms with van der Waals surface area (Å²) in [6.45, 7) is 2.10. The number of hydrogen-bond acceptors (Lipinski definition) is 4. The summed E-state index contributed by atoms with van der Waals surface area (Å²) in [4.78, 5) is 21.7. The van der Waals surface area contributed by atoms with Gasteiger partial charge in [0, 0.05) is 17.5 Å². The maximum atomic E-state index is 13.8. The molecule has 3 aromatic rings. The van der Waals surface area contributed by atoms with Gasteiger partial charge in [0.25, 0.3) is 5.91 Å². The van der Waals surface area contributed by atoms with Crippen molar-refractivity contribution in [1.29, 1.82) is 0 Å². The van der Waals surface area contributed by atoms with Gasteiger partial charge in [-0.1, -0.05) is 68.0 Å². The van der Waals surface area contributed by atoms with Gasteiger partial charge in [0.1, 0.15) is 0 Å². The van der Waals surface area contributed by atoms with Crippen LogP contribution < -0.4 is 4.90 Å². The molecule has 2 atom stereocenters. The van der Waals surface area contributed by atoms with Gasteiger partial charge in [-0.3, -0.25) is 9.69 Å². The molecule has 2 fully saturated rings. The van der Waals surface area contributed by atoms with Gasteiger partial charge in [-0.25, -0.2) is 4.68 Å². The number of hydrogen-bond donors (Lipinski definition) is 0. The van der Waals surface area contributed by atoms with E-state index >= 15 is 0 Å². The van der Waals surface area contributed by atoms with E-state index in [-0.39, 0.29) is 17.5 Å². The quantitative estimate of drug-likeness (QED) is 0.471. The number of rotatable bonds is 2. The first kappa shape index (κ1) is 20.2. The summed E-state index contributed by atoms with van der Waals surface area (Å²) in [7, 11) is 0. The lowest BCUT2D eigenvalue weighted by Gasteiger charge is -2.55. The van der Waals surface area contributed by atoms with Crippen molar-refractivity contribution in [1.82, 2.24) is 14.8 Å². The molecule has 166 valence electrons. The average Bonchev–Trinajstić information content (AvgIpc) is 3.52. The fourth-order valence-electron chi connectivity index (χ4n) is 6.44. The SMILES string of the molecule is Cc1ccc(-c2nc3n(n2)C2(CCCCC2)[C@@H]2CCCC[C@@H]2N3C(=O)c2cccs2)cc1. The molecule has 0 bridgehead atoms. The molecule has 2 aromatic heterocycles.